The zero-order chi connectivity index (χ0) is 15.9. The molecule has 126 valence electrons. The molecular weight excluding hydrogens is 292 g/mol. The summed E-state index contributed by atoms with van der Waals surface area (Å²) in [6.45, 7) is 4.27. The van der Waals surface area contributed by atoms with Crippen molar-refractivity contribution >= 4 is 11.9 Å². The maximum Gasteiger partial charge on any atom is 0.414 e. The lowest BCUT2D eigenvalue weighted by atomic mass is 10.2. The number of carbonyl (C=O) groups is 2. The van der Waals surface area contributed by atoms with Crippen LogP contribution in [0.2, 0.25) is 0 Å². The summed E-state index contributed by atoms with van der Waals surface area (Å²) in [6.07, 6.45) is 6.04. The number of ether oxygens (including phenoxy) is 2. The van der Waals surface area contributed by atoms with Crippen molar-refractivity contribution in [1.82, 2.24) is 10.6 Å². The van der Waals surface area contributed by atoms with Gasteiger partial charge in [0.2, 0.25) is 0 Å². The predicted molar refractivity (Wildman–Crippen MR) is 76.8 cm³/mol. The molecule has 0 saturated carbocycles. The van der Waals surface area contributed by atoms with Crippen molar-refractivity contribution in [3.05, 3.63) is 0 Å². The van der Waals surface area contributed by atoms with Gasteiger partial charge in [-0.15, -0.1) is 0 Å². The van der Waals surface area contributed by atoms with Crippen LogP contribution in [-0.2, 0) is 19.1 Å². The van der Waals surface area contributed by atoms with Crippen LogP contribution in [0.4, 0.5) is 0 Å². The van der Waals surface area contributed by atoms with Crippen LogP contribution in [0.3, 0.4) is 0 Å². The molecule has 0 spiro atoms. The van der Waals surface area contributed by atoms with Crippen molar-refractivity contribution in [2.24, 2.45) is 0 Å². The molecule has 4 N–H and O–H groups in total. The molecule has 4 heterocycles. The fraction of sp³-hybridized carbons (Fsp3) is 0.857. The van der Waals surface area contributed by atoms with E-state index in [9.17, 15) is 0 Å². The van der Waals surface area contributed by atoms with Gasteiger partial charge in [-0.1, -0.05) is 0 Å². The third-order valence-corrected chi connectivity index (χ3v) is 4.27. The number of nitrogens with one attached hydrogen (secondary N) is 2. The molecule has 4 fully saturated rings. The Balaban J connectivity index is 0.000000123. The van der Waals surface area contributed by atoms with Crippen molar-refractivity contribution in [1.29, 1.82) is 0 Å². The molecule has 2 unspecified atom stereocenters. The molecule has 4 saturated heterocycles. The molecule has 0 aromatic rings. The van der Waals surface area contributed by atoms with Crippen LogP contribution in [0.1, 0.15) is 25.7 Å². The van der Waals surface area contributed by atoms with Gasteiger partial charge in [-0.3, -0.25) is 0 Å². The van der Waals surface area contributed by atoms with E-state index in [1.54, 1.807) is 0 Å². The SMILES string of the molecule is C1CC2OCC[C@H]2N1.C1CC2OCC[C@H]2N1.O=C(O)C(=O)O. The molecule has 4 atom stereocenters. The third-order valence-electron chi connectivity index (χ3n) is 4.27. The molecule has 0 radical (unpaired) electrons. The molecule has 0 aromatic heterocycles. The van der Waals surface area contributed by atoms with Gasteiger partial charge in [-0.05, 0) is 38.8 Å². The van der Waals surface area contributed by atoms with E-state index in [1.165, 1.54) is 25.7 Å². The topological polar surface area (TPSA) is 117 Å². The number of hydrogen-bond acceptors (Lipinski definition) is 6. The number of fused-ring (bicyclic) bond motifs is 2. The van der Waals surface area contributed by atoms with Crippen molar-refractivity contribution in [2.75, 3.05) is 26.3 Å². The van der Waals surface area contributed by atoms with Gasteiger partial charge in [0.15, 0.2) is 0 Å². The summed E-state index contributed by atoms with van der Waals surface area (Å²) < 4.78 is 10.8. The van der Waals surface area contributed by atoms with Gasteiger partial charge in [0.05, 0.1) is 12.2 Å². The fourth-order valence-corrected chi connectivity index (χ4v) is 3.15. The molecular formula is C14H24N2O6. The summed E-state index contributed by atoms with van der Waals surface area (Å²) in [6, 6.07) is 1.41. The van der Waals surface area contributed by atoms with Crippen molar-refractivity contribution in [2.45, 2.75) is 50.0 Å². The van der Waals surface area contributed by atoms with Crippen LogP contribution in [0.15, 0.2) is 0 Å². The van der Waals surface area contributed by atoms with Gasteiger partial charge in [0, 0.05) is 25.3 Å². The van der Waals surface area contributed by atoms with E-state index >= 15 is 0 Å². The van der Waals surface area contributed by atoms with Crippen LogP contribution < -0.4 is 10.6 Å². The first-order valence-corrected chi connectivity index (χ1v) is 7.74. The van der Waals surface area contributed by atoms with Crippen LogP contribution >= 0.6 is 0 Å². The van der Waals surface area contributed by atoms with Gasteiger partial charge >= 0.3 is 11.9 Å². The van der Waals surface area contributed by atoms with Crippen LogP contribution in [0, 0.1) is 0 Å². The maximum absolute atomic E-state index is 9.10. The first kappa shape index (κ1) is 17.1. The Hall–Kier alpha value is -1.22. The second-order valence-electron chi connectivity index (χ2n) is 5.70. The second-order valence-corrected chi connectivity index (χ2v) is 5.70. The van der Waals surface area contributed by atoms with E-state index in [2.05, 4.69) is 10.6 Å². The summed E-state index contributed by atoms with van der Waals surface area (Å²) in [5.74, 6) is -3.65. The minimum absolute atomic E-state index is 0.565. The standard InChI is InChI=1S/2C6H11NO.C2H2O4/c2*1-3-7-5-2-4-8-6(1)5;3-1(4)2(5)6/h2*5-7H,1-4H2;(H,3,4)(H,5,6)/t2*5-,6?;/m11./s1. The van der Waals surface area contributed by atoms with E-state index in [-0.39, 0.29) is 0 Å². The van der Waals surface area contributed by atoms with E-state index in [0.29, 0.717) is 24.3 Å². The first-order chi connectivity index (χ1) is 10.6. The third kappa shape index (κ3) is 4.91. The van der Waals surface area contributed by atoms with Crippen molar-refractivity contribution < 1.29 is 29.3 Å². The Bertz CT molecular complexity index is 316. The molecule has 0 aromatic carbocycles. The average molecular weight is 316 g/mol. The largest absolute Gasteiger partial charge is 0.473 e. The molecule has 8 nitrogen and oxygen atoms in total. The normalized spacial score (nSPS) is 34.7. The zero-order valence-electron chi connectivity index (χ0n) is 12.5. The van der Waals surface area contributed by atoms with Crippen LogP contribution in [0.25, 0.3) is 0 Å². The molecule has 0 bridgehead atoms. The van der Waals surface area contributed by atoms with Crippen LogP contribution in [0.5, 0.6) is 0 Å². The molecule has 22 heavy (non-hydrogen) atoms. The summed E-state index contributed by atoms with van der Waals surface area (Å²) in [7, 11) is 0. The fourth-order valence-electron chi connectivity index (χ4n) is 3.15. The molecule has 4 aliphatic heterocycles. The molecule has 0 aliphatic carbocycles. The number of rotatable bonds is 0. The smallest absolute Gasteiger partial charge is 0.414 e. The lowest BCUT2D eigenvalue weighted by Gasteiger charge is -2.04. The number of aliphatic carboxylic acids is 2. The van der Waals surface area contributed by atoms with Crippen molar-refractivity contribution in [3.63, 3.8) is 0 Å². The summed E-state index contributed by atoms with van der Waals surface area (Å²) >= 11 is 0. The Morgan fingerprint density at radius 2 is 1.18 bits per heavy atom. The second kappa shape index (κ2) is 8.42. The Labute approximate surface area is 129 Å². The lowest BCUT2D eigenvalue weighted by Crippen LogP contribution is -2.24. The number of carboxylic acid groups (broad SMARTS) is 2. The highest BCUT2D eigenvalue weighted by molar-refractivity contribution is 6.27. The summed E-state index contributed by atoms with van der Waals surface area (Å²) in [4.78, 5) is 18.2. The highest BCUT2D eigenvalue weighted by Crippen LogP contribution is 2.21. The Kier molecular flexibility index (Phi) is 6.56. The van der Waals surface area contributed by atoms with Crippen LogP contribution in [-0.4, -0.2) is 72.7 Å². The van der Waals surface area contributed by atoms with E-state index in [0.717, 1.165) is 26.3 Å². The highest BCUT2D eigenvalue weighted by Gasteiger charge is 2.32. The number of hydrogen-bond donors (Lipinski definition) is 4. The quantitative estimate of drug-likeness (QED) is 0.439. The van der Waals surface area contributed by atoms with Gasteiger partial charge in [0.25, 0.3) is 0 Å². The van der Waals surface area contributed by atoms with Crippen molar-refractivity contribution in [3.8, 4) is 0 Å². The highest BCUT2D eigenvalue weighted by atomic mass is 16.5. The summed E-state index contributed by atoms with van der Waals surface area (Å²) in [5.41, 5.74) is 0. The Morgan fingerprint density at radius 1 is 0.773 bits per heavy atom. The molecule has 4 aliphatic rings. The van der Waals surface area contributed by atoms with Gasteiger partial charge in [0.1, 0.15) is 0 Å². The zero-order valence-corrected chi connectivity index (χ0v) is 12.5. The van der Waals surface area contributed by atoms with E-state index in [4.69, 9.17) is 29.3 Å². The first-order valence-electron chi connectivity index (χ1n) is 7.74. The molecule has 4 rings (SSSR count). The van der Waals surface area contributed by atoms with Gasteiger partial charge in [-0.2, -0.15) is 0 Å². The van der Waals surface area contributed by atoms with E-state index in [1.807, 2.05) is 0 Å². The predicted octanol–water partition coefficient (Wildman–Crippen LogP) is -0.570. The average Bonchev–Trinajstić information content (AvgIpc) is 3.20. The summed E-state index contributed by atoms with van der Waals surface area (Å²) in [5, 5.41) is 21.6. The Morgan fingerprint density at radius 3 is 1.50 bits per heavy atom. The number of carboxylic acids is 2. The minimum Gasteiger partial charge on any atom is -0.473 e. The van der Waals surface area contributed by atoms with Gasteiger partial charge in [-0.25, -0.2) is 9.59 Å². The minimum atomic E-state index is -1.82. The monoisotopic (exact) mass is 316 g/mol. The molecule has 8 heteroatoms. The van der Waals surface area contributed by atoms with E-state index < -0.39 is 11.9 Å². The molecule has 0 amide bonds. The lowest BCUT2D eigenvalue weighted by molar-refractivity contribution is -0.159. The maximum atomic E-state index is 9.10. The van der Waals surface area contributed by atoms with Gasteiger partial charge < -0.3 is 30.3 Å².